The number of hydrogen-bond acceptors (Lipinski definition) is 6. The van der Waals surface area contributed by atoms with Gasteiger partial charge in [-0.3, -0.25) is 4.79 Å². The zero-order chi connectivity index (χ0) is 20.6. The lowest BCUT2D eigenvalue weighted by Gasteiger charge is -2.08. The summed E-state index contributed by atoms with van der Waals surface area (Å²) in [5.74, 6) is 0.329. The van der Waals surface area contributed by atoms with Crippen molar-refractivity contribution in [2.45, 2.75) is 13.3 Å². The molecule has 0 saturated carbocycles. The van der Waals surface area contributed by atoms with Crippen molar-refractivity contribution in [1.29, 1.82) is 0 Å². The summed E-state index contributed by atoms with van der Waals surface area (Å²) < 4.78 is 24.2. The van der Waals surface area contributed by atoms with E-state index in [0.29, 0.717) is 29.2 Å². The van der Waals surface area contributed by atoms with Crippen LogP contribution in [0.1, 0.15) is 22.8 Å². The van der Waals surface area contributed by atoms with Crippen LogP contribution in [-0.2, 0) is 6.42 Å². The molecule has 1 amide bonds. The van der Waals surface area contributed by atoms with E-state index in [-0.39, 0.29) is 18.9 Å². The van der Waals surface area contributed by atoms with E-state index >= 15 is 0 Å². The molecule has 3 aromatic rings. The molecule has 29 heavy (non-hydrogen) atoms. The molecule has 0 bridgehead atoms. The number of rotatable bonds is 8. The summed E-state index contributed by atoms with van der Waals surface area (Å²) in [7, 11) is 1.48. The van der Waals surface area contributed by atoms with Gasteiger partial charge in [0.05, 0.1) is 37.4 Å². The fraction of sp³-hybridized carbons (Fsp3) is 0.238. The Kier molecular flexibility index (Phi) is 6.67. The summed E-state index contributed by atoms with van der Waals surface area (Å²) in [6.45, 7) is 2.75. The van der Waals surface area contributed by atoms with Crippen LogP contribution in [0.5, 0.6) is 11.5 Å². The van der Waals surface area contributed by atoms with Gasteiger partial charge in [-0.1, -0.05) is 0 Å². The van der Waals surface area contributed by atoms with Crippen LogP contribution in [0.3, 0.4) is 0 Å². The van der Waals surface area contributed by atoms with Crippen molar-refractivity contribution in [3.63, 3.8) is 0 Å². The fourth-order valence-electron chi connectivity index (χ4n) is 2.69. The van der Waals surface area contributed by atoms with E-state index in [1.54, 1.807) is 12.1 Å². The first-order valence-electron chi connectivity index (χ1n) is 9.13. The second kappa shape index (κ2) is 9.59. The first-order valence-corrected chi connectivity index (χ1v) is 9.13. The third-order valence-electron chi connectivity index (χ3n) is 4.18. The summed E-state index contributed by atoms with van der Waals surface area (Å²) in [6, 6.07) is 10.6. The van der Waals surface area contributed by atoms with E-state index < -0.39 is 5.95 Å². The lowest BCUT2D eigenvalue weighted by Crippen LogP contribution is -2.26. The number of amides is 1. The lowest BCUT2D eigenvalue weighted by molar-refractivity contribution is 0.0953. The maximum Gasteiger partial charge on any atom is 0.253 e. The topological polar surface area (TPSA) is 86.2 Å². The van der Waals surface area contributed by atoms with Crippen LogP contribution in [-0.4, -0.2) is 41.3 Å². The van der Waals surface area contributed by atoms with Gasteiger partial charge in [0.1, 0.15) is 11.5 Å². The number of nitrogens with zero attached hydrogens (tertiary/aromatic N) is 3. The first-order chi connectivity index (χ1) is 14.1. The number of carbonyl (C=O) groups is 1. The summed E-state index contributed by atoms with van der Waals surface area (Å²) >= 11 is 0. The van der Waals surface area contributed by atoms with E-state index in [2.05, 4.69) is 20.5 Å². The van der Waals surface area contributed by atoms with Gasteiger partial charge in [0.25, 0.3) is 5.91 Å². The van der Waals surface area contributed by atoms with Crippen LogP contribution in [0, 0.1) is 5.95 Å². The van der Waals surface area contributed by atoms with Crippen LogP contribution in [0.15, 0.2) is 48.8 Å². The van der Waals surface area contributed by atoms with Gasteiger partial charge in [0.2, 0.25) is 5.95 Å². The molecule has 0 aliphatic rings. The molecule has 2 heterocycles. The summed E-state index contributed by atoms with van der Waals surface area (Å²) in [4.78, 5) is 16.1. The highest BCUT2D eigenvalue weighted by molar-refractivity contribution is 5.94. The Balaban J connectivity index is 1.63. The van der Waals surface area contributed by atoms with Crippen molar-refractivity contribution in [2.24, 2.45) is 0 Å². The first kappa shape index (κ1) is 20.2. The van der Waals surface area contributed by atoms with Gasteiger partial charge in [-0.05, 0) is 49.7 Å². The molecule has 1 N–H and O–H groups in total. The predicted octanol–water partition coefficient (Wildman–Crippen LogP) is 3.06. The predicted molar refractivity (Wildman–Crippen MR) is 105 cm³/mol. The Morgan fingerprint density at radius 2 is 1.93 bits per heavy atom. The quantitative estimate of drug-likeness (QED) is 0.589. The minimum Gasteiger partial charge on any atom is -0.495 e. The maximum absolute atomic E-state index is 13.8. The smallest absolute Gasteiger partial charge is 0.253 e. The third kappa shape index (κ3) is 5.25. The molecule has 8 heteroatoms. The van der Waals surface area contributed by atoms with E-state index in [1.807, 2.05) is 31.2 Å². The second-order valence-electron chi connectivity index (χ2n) is 6.12. The Hall–Kier alpha value is -3.55. The molecule has 0 aliphatic carbocycles. The number of ether oxygens (including phenoxy) is 2. The minimum absolute atomic E-state index is 0.241. The number of carbonyl (C=O) groups excluding carboxylic acids is 1. The average Bonchev–Trinajstić information content (AvgIpc) is 2.76. The number of halogens is 1. The molecule has 0 atom stereocenters. The monoisotopic (exact) mass is 396 g/mol. The molecule has 0 saturated heterocycles. The lowest BCUT2D eigenvalue weighted by atomic mass is 10.1. The van der Waals surface area contributed by atoms with Crippen LogP contribution < -0.4 is 14.8 Å². The van der Waals surface area contributed by atoms with Gasteiger partial charge in [0.15, 0.2) is 0 Å². The van der Waals surface area contributed by atoms with Crippen LogP contribution >= 0.6 is 0 Å². The van der Waals surface area contributed by atoms with Gasteiger partial charge in [-0.2, -0.15) is 14.6 Å². The van der Waals surface area contributed by atoms with E-state index in [4.69, 9.17) is 9.47 Å². The molecular weight excluding hydrogens is 375 g/mol. The van der Waals surface area contributed by atoms with Gasteiger partial charge in [-0.25, -0.2) is 4.98 Å². The highest BCUT2D eigenvalue weighted by atomic mass is 19.1. The van der Waals surface area contributed by atoms with Crippen molar-refractivity contribution in [3.8, 4) is 22.8 Å². The molecular formula is C21H21FN4O3. The molecule has 0 fully saturated rings. The van der Waals surface area contributed by atoms with Crippen LogP contribution in [0.2, 0.25) is 0 Å². The zero-order valence-electron chi connectivity index (χ0n) is 16.2. The molecule has 150 valence electrons. The van der Waals surface area contributed by atoms with E-state index in [1.165, 1.54) is 19.5 Å². The molecule has 3 rings (SSSR count). The van der Waals surface area contributed by atoms with Crippen molar-refractivity contribution >= 4 is 5.91 Å². The standard InChI is InChI=1S/C21H21FN4O3/c1-3-29-17-6-4-14(5-7-17)19-11-16(12-25-26-19)21(27)23-9-8-15-10-18(28-2)13-24-20(15)22/h4-7,10-13H,3,8-9H2,1-2H3,(H,23,27). The van der Waals surface area contributed by atoms with Crippen molar-refractivity contribution in [2.75, 3.05) is 20.3 Å². The Morgan fingerprint density at radius 1 is 1.14 bits per heavy atom. The molecule has 1 aromatic carbocycles. The fourth-order valence-corrected chi connectivity index (χ4v) is 2.69. The van der Waals surface area contributed by atoms with Crippen molar-refractivity contribution in [3.05, 3.63) is 65.9 Å². The summed E-state index contributed by atoms with van der Waals surface area (Å²) in [5, 5.41) is 10.8. The third-order valence-corrected chi connectivity index (χ3v) is 4.18. The Morgan fingerprint density at radius 3 is 2.66 bits per heavy atom. The SMILES string of the molecule is CCOc1ccc(-c2cc(C(=O)NCCc3cc(OC)cnc3F)cnn2)cc1. The maximum atomic E-state index is 13.8. The molecule has 2 aromatic heterocycles. The highest BCUT2D eigenvalue weighted by Gasteiger charge is 2.11. The number of benzene rings is 1. The number of hydrogen-bond donors (Lipinski definition) is 1. The van der Waals surface area contributed by atoms with Crippen molar-refractivity contribution in [1.82, 2.24) is 20.5 Å². The van der Waals surface area contributed by atoms with E-state index in [0.717, 1.165) is 11.3 Å². The second-order valence-corrected chi connectivity index (χ2v) is 6.12. The van der Waals surface area contributed by atoms with Crippen molar-refractivity contribution < 1.29 is 18.7 Å². The number of pyridine rings is 1. The summed E-state index contributed by atoms with van der Waals surface area (Å²) in [5.41, 5.74) is 2.13. The Labute approximate surface area is 167 Å². The molecule has 0 spiro atoms. The Bertz CT molecular complexity index is 980. The molecule has 0 unspecified atom stereocenters. The highest BCUT2D eigenvalue weighted by Crippen LogP contribution is 2.21. The summed E-state index contributed by atoms with van der Waals surface area (Å²) in [6.07, 6.45) is 2.98. The van der Waals surface area contributed by atoms with Gasteiger partial charge in [0, 0.05) is 17.7 Å². The zero-order valence-corrected chi connectivity index (χ0v) is 16.2. The number of nitrogens with one attached hydrogen (secondary N) is 1. The largest absolute Gasteiger partial charge is 0.495 e. The molecule has 0 radical (unpaired) electrons. The van der Waals surface area contributed by atoms with Gasteiger partial charge < -0.3 is 14.8 Å². The molecule has 7 nitrogen and oxygen atoms in total. The molecule has 0 aliphatic heterocycles. The number of methoxy groups -OCH3 is 1. The average molecular weight is 396 g/mol. The van der Waals surface area contributed by atoms with Crippen LogP contribution in [0.25, 0.3) is 11.3 Å². The van der Waals surface area contributed by atoms with Gasteiger partial charge in [-0.15, -0.1) is 0 Å². The van der Waals surface area contributed by atoms with Crippen LogP contribution in [0.4, 0.5) is 4.39 Å². The normalized spacial score (nSPS) is 10.4. The minimum atomic E-state index is -0.580. The number of aromatic nitrogens is 3. The van der Waals surface area contributed by atoms with Gasteiger partial charge >= 0.3 is 0 Å². The van der Waals surface area contributed by atoms with E-state index in [9.17, 15) is 9.18 Å².